The quantitative estimate of drug-likeness (QED) is 0.214. The number of nitrogens with zero attached hydrogens (tertiary/aromatic N) is 1. The van der Waals surface area contributed by atoms with Crippen LogP contribution in [0, 0.1) is 6.92 Å². The van der Waals surface area contributed by atoms with Crippen molar-refractivity contribution in [2.45, 2.75) is 20.0 Å². The lowest BCUT2D eigenvalue weighted by molar-refractivity contribution is 0.0320. The minimum atomic E-state index is -0.931. The third kappa shape index (κ3) is 4.74. The number of aromatic nitrogens is 1. The summed E-state index contributed by atoms with van der Waals surface area (Å²) in [6.45, 7) is 3.53. The molecule has 160 valence electrons. The van der Waals surface area contributed by atoms with E-state index in [-0.39, 0.29) is 5.78 Å². The van der Waals surface area contributed by atoms with Crippen molar-refractivity contribution in [3.8, 4) is 11.3 Å². The van der Waals surface area contributed by atoms with Crippen molar-refractivity contribution in [3.63, 3.8) is 0 Å². The highest BCUT2D eigenvalue weighted by Crippen LogP contribution is 2.29. The zero-order chi connectivity index (χ0) is 22.8. The molecular formula is C26H19BrClNO3. The fourth-order valence-corrected chi connectivity index (χ4v) is 3.85. The predicted octanol–water partition coefficient (Wildman–Crippen LogP) is 7.05. The lowest BCUT2D eigenvalue weighted by Gasteiger charge is -2.15. The van der Waals surface area contributed by atoms with E-state index in [1.54, 1.807) is 37.3 Å². The SMILES string of the molecule is Cc1ccc(C(=O)C(C)OC(=O)c2cc(-c3ccc(Cl)cc3)nc3ccc(Br)cc23)cc1. The molecule has 0 saturated carbocycles. The van der Waals surface area contributed by atoms with Crippen LogP contribution in [0.3, 0.4) is 0 Å². The number of hydrogen-bond donors (Lipinski definition) is 0. The van der Waals surface area contributed by atoms with E-state index in [9.17, 15) is 9.59 Å². The molecule has 0 radical (unpaired) electrons. The van der Waals surface area contributed by atoms with Crippen LogP contribution >= 0.6 is 27.5 Å². The monoisotopic (exact) mass is 507 g/mol. The number of fused-ring (bicyclic) bond motifs is 1. The average molecular weight is 509 g/mol. The molecule has 4 aromatic rings. The number of halogens is 2. The van der Waals surface area contributed by atoms with E-state index in [2.05, 4.69) is 15.9 Å². The molecule has 0 aliphatic rings. The molecule has 32 heavy (non-hydrogen) atoms. The predicted molar refractivity (Wildman–Crippen MR) is 130 cm³/mol. The van der Waals surface area contributed by atoms with Gasteiger partial charge in [0.2, 0.25) is 5.78 Å². The molecule has 0 N–H and O–H groups in total. The molecule has 1 heterocycles. The number of pyridine rings is 1. The van der Waals surface area contributed by atoms with Gasteiger partial charge in [-0.1, -0.05) is 69.5 Å². The van der Waals surface area contributed by atoms with Crippen LogP contribution in [0.25, 0.3) is 22.2 Å². The van der Waals surface area contributed by atoms with Crippen LogP contribution in [0.1, 0.15) is 33.2 Å². The van der Waals surface area contributed by atoms with Crippen LogP contribution < -0.4 is 0 Å². The summed E-state index contributed by atoms with van der Waals surface area (Å²) in [6.07, 6.45) is -0.931. The van der Waals surface area contributed by atoms with Crippen LogP contribution in [-0.2, 0) is 4.74 Å². The maximum atomic E-state index is 13.2. The number of hydrogen-bond acceptors (Lipinski definition) is 4. The molecule has 0 saturated heterocycles. The van der Waals surface area contributed by atoms with E-state index in [1.807, 2.05) is 49.4 Å². The summed E-state index contributed by atoms with van der Waals surface area (Å²) in [5.41, 5.74) is 3.96. The zero-order valence-electron chi connectivity index (χ0n) is 17.4. The standard InChI is InChI=1S/C26H19BrClNO3/c1-15-3-5-18(6-4-15)25(30)16(2)32-26(31)22-14-24(17-7-10-20(28)11-8-17)29-23-12-9-19(27)13-21(22)23/h3-14,16H,1-2H3. The van der Waals surface area contributed by atoms with Gasteiger partial charge in [-0.05, 0) is 50.2 Å². The van der Waals surface area contributed by atoms with Gasteiger partial charge in [-0.2, -0.15) is 0 Å². The number of aryl methyl sites for hydroxylation is 1. The highest BCUT2D eigenvalue weighted by Gasteiger charge is 2.23. The summed E-state index contributed by atoms with van der Waals surface area (Å²) in [4.78, 5) is 30.6. The van der Waals surface area contributed by atoms with E-state index in [0.29, 0.717) is 32.7 Å². The Morgan fingerprint density at radius 1 is 0.969 bits per heavy atom. The number of Topliss-reactive ketones (excluding diaryl/α,β-unsaturated/α-hetero) is 1. The molecule has 0 fully saturated rings. The Morgan fingerprint density at radius 2 is 1.66 bits per heavy atom. The van der Waals surface area contributed by atoms with Crippen LogP contribution in [0.5, 0.6) is 0 Å². The maximum absolute atomic E-state index is 13.2. The van der Waals surface area contributed by atoms with E-state index < -0.39 is 12.1 Å². The summed E-state index contributed by atoms with van der Waals surface area (Å²) in [6, 6.07) is 21.6. The summed E-state index contributed by atoms with van der Waals surface area (Å²) in [5.74, 6) is -0.838. The molecule has 0 bridgehead atoms. The van der Waals surface area contributed by atoms with E-state index in [1.165, 1.54) is 0 Å². The summed E-state index contributed by atoms with van der Waals surface area (Å²) in [7, 11) is 0. The Hall–Kier alpha value is -3.02. The van der Waals surface area contributed by atoms with E-state index in [4.69, 9.17) is 21.3 Å². The van der Waals surface area contributed by atoms with Gasteiger partial charge in [0.1, 0.15) is 0 Å². The second-order valence-corrected chi connectivity index (χ2v) is 8.85. The number of esters is 1. The van der Waals surface area contributed by atoms with Crippen molar-refractivity contribution in [2.24, 2.45) is 0 Å². The van der Waals surface area contributed by atoms with Gasteiger partial charge in [-0.25, -0.2) is 9.78 Å². The lowest BCUT2D eigenvalue weighted by Crippen LogP contribution is -2.24. The van der Waals surface area contributed by atoms with Gasteiger partial charge in [0.25, 0.3) is 0 Å². The van der Waals surface area contributed by atoms with Gasteiger partial charge in [-0.15, -0.1) is 0 Å². The highest BCUT2D eigenvalue weighted by atomic mass is 79.9. The van der Waals surface area contributed by atoms with Crippen molar-refractivity contribution in [1.29, 1.82) is 0 Å². The molecule has 4 rings (SSSR count). The Balaban J connectivity index is 1.70. The topological polar surface area (TPSA) is 56.3 Å². The average Bonchev–Trinajstić information content (AvgIpc) is 2.78. The molecule has 1 unspecified atom stereocenters. The van der Waals surface area contributed by atoms with Gasteiger partial charge >= 0.3 is 5.97 Å². The van der Waals surface area contributed by atoms with Crippen molar-refractivity contribution >= 4 is 50.2 Å². The number of ketones is 1. The fraction of sp³-hybridized carbons (Fsp3) is 0.115. The second kappa shape index (κ2) is 9.23. The molecule has 0 amide bonds. The maximum Gasteiger partial charge on any atom is 0.339 e. The Labute approximate surface area is 199 Å². The van der Waals surface area contributed by atoms with Crippen LogP contribution in [0.2, 0.25) is 5.02 Å². The van der Waals surface area contributed by atoms with Gasteiger partial charge in [0.15, 0.2) is 6.10 Å². The second-order valence-electron chi connectivity index (χ2n) is 7.50. The van der Waals surface area contributed by atoms with Gasteiger partial charge < -0.3 is 4.74 Å². The third-order valence-electron chi connectivity index (χ3n) is 5.12. The largest absolute Gasteiger partial charge is 0.451 e. The number of rotatable bonds is 5. The Bertz CT molecular complexity index is 1320. The number of ether oxygens (including phenoxy) is 1. The molecule has 0 aliphatic carbocycles. The molecule has 6 heteroatoms. The highest BCUT2D eigenvalue weighted by molar-refractivity contribution is 9.10. The summed E-state index contributed by atoms with van der Waals surface area (Å²) in [5, 5.41) is 1.25. The normalized spacial score (nSPS) is 11.9. The first kappa shape index (κ1) is 22.2. The van der Waals surface area contributed by atoms with Gasteiger partial charge in [0, 0.05) is 26.0 Å². The zero-order valence-corrected chi connectivity index (χ0v) is 19.8. The number of carbonyl (C=O) groups is 2. The summed E-state index contributed by atoms with van der Waals surface area (Å²) < 4.78 is 6.40. The van der Waals surface area contributed by atoms with Gasteiger partial charge in [0.05, 0.1) is 16.8 Å². The molecule has 4 nitrogen and oxygen atoms in total. The minimum absolute atomic E-state index is 0.254. The first-order chi connectivity index (χ1) is 15.3. The van der Waals surface area contributed by atoms with Crippen molar-refractivity contribution < 1.29 is 14.3 Å². The molecule has 0 aliphatic heterocycles. The van der Waals surface area contributed by atoms with E-state index in [0.717, 1.165) is 15.6 Å². The summed E-state index contributed by atoms with van der Waals surface area (Å²) >= 11 is 9.46. The molecule has 1 atom stereocenters. The van der Waals surface area contributed by atoms with Crippen molar-refractivity contribution in [1.82, 2.24) is 4.98 Å². The lowest BCUT2D eigenvalue weighted by atomic mass is 10.0. The number of benzene rings is 3. The van der Waals surface area contributed by atoms with Crippen LogP contribution in [-0.4, -0.2) is 22.8 Å². The van der Waals surface area contributed by atoms with Crippen molar-refractivity contribution in [3.05, 3.63) is 99.0 Å². The minimum Gasteiger partial charge on any atom is -0.451 e. The number of carbonyl (C=O) groups excluding carboxylic acids is 2. The molecular weight excluding hydrogens is 490 g/mol. The van der Waals surface area contributed by atoms with E-state index >= 15 is 0 Å². The fourth-order valence-electron chi connectivity index (χ4n) is 3.37. The molecule has 1 aromatic heterocycles. The third-order valence-corrected chi connectivity index (χ3v) is 5.86. The smallest absolute Gasteiger partial charge is 0.339 e. The van der Waals surface area contributed by atoms with Crippen molar-refractivity contribution in [2.75, 3.05) is 0 Å². The van der Waals surface area contributed by atoms with Gasteiger partial charge in [-0.3, -0.25) is 4.79 Å². The Morgan fingerprint density at radius 3 is 2.34 bits per heavy atom. The molecule has 3 aromatic carbocycles. The first-order valence-electron chi connectivity index (χ1n) is 10.00. The van der Waals surface area contributed by atoms with Crippen LogP contribution in [0.4, 0.5) is 0 Å². The molecule has 0 spiro atoms. The first-order valence-corrected chi connectivity index (χ1v) is 11.2. The Kier molecular flexibility index (Phi) is 6.40. The van der Waals surface area contributed by atoms with Crippen LogP contribution in [0.15, 0.2) is 77.3 Å².